The number of rotatable bonds is 4. The van der Waals surface area contributed by atoms with Crippen LogP contribution in [-0.2, 0) is 0 Å². The van der Waals surface area contributed by atoms with Crippen molar-refractivity contribution in [2.45, 2.75) is 52.5 Å². The molecule has 2 heteroatoms. The molecule has 1 nitrogen and oxygen atoms in total. The smallest absolute Gasteiger partial charge is 0.128 e. The first-order chi connectivity index (χ1) is 9.11. The van der Waals surface area contributed by atoms with E-state index in [1.807, 2.05) is 19.1 Å². The fourth-order valence-corrected chi connectivity index (χ4v) is 3.25. The largest absolute Gasteiger partial charge is 0.310 e. The number of hydrogen-bond donors (Lipinski definition) is 1. The molecule has 0 saturated heterocycles. The summed E-state index contributed by atoms with van der Waals surface area (Å²) in [5.41, 5.74) is 1.85. The average molecular weight is 263 g/mol. The lowest BCUT2D eigenvalue weighted by Gasteiger charge is -2.33. The second kappa shape index (κ2) is 6.51. The SMILES string of the molecule is CCNC(c1ccc(C)cc1F)C1CCC(C)CC1. The lowest BCUT2D eigenvalue weighted by atomic mass is 9.77. The van der Waals surface area contributed by atoms with E-state index in [2.05, 4.69) is 19.2 Å². The Bertz CT molecular complexity index is 408. The summed E-state index contributed by atoms with van der Waals surface area (Å²) in [4.78, 5) is 0. The molecule has 1 aromatic rings. The first-order valence-electron chi connectivity index (χ1n) is 7.61. The van der Waals surface area contributed by atoms with E-state index in [9.17, 15) is 4.39 Å². The van der Waals surface area contributed by atoms with Gasteiger partial charge < -0.3 is 5.32 Å². The normalized spacial score (nSPS) is 25.3. The van der Waals surface area contributed by atoms with Crippen molar-refractivity contribution in [2.24, 2.45) is 11.8 Å². The molecule has 1 aromatic carbocycles. The summed E-state index contributed by atoms with van der Waals surface area (Å²) in [5.74, 6) is 1.36. The molecule has 1 saturated carbocycles. The van der Waals surface area contributed by atoms with Gasteiger partial charge in [-0.1, -0.05) is 38.8 Å². The highest BCUT2D eigenvalue weighted by molar-refractivity contribution is 5.26. The second-order valence-electron chi connectivity index (χ2n) is 6.08. The Labute approximate surface area is 116 Å². The highest BCUT2D eigenvalue weighted by Gasteiger charge is 2.28. The van der Waals surface area contributed by atoms with Gasteiger partial charge in [-0.2, -0.15) is 0 Å². The molecular formula is C17H26FN. The third-order valence-corrected chi connectivity index (χ3v) is 4.45. The molecular weight excluding hydrogens is 237 g/mol. The van der Waals surface area contributed by atoms with Crippen LogP contribution in [0.3, 0.4) is 0 Å². The Balaban J connectivity index is 2.19. The zero-order valence-electron chi connectivity index (χ0n) is 12.4. The van der Waals surface area contributed by atoms with Crippen LogP contribution in [0.25, 0.3) is 0 Å². The maximum Gasteiger partial charge on any atom is 0.128 e. The molecule has 1 aliphatic carbocycles. The van der Waals surface area contributed by atoms with Gasteiger partial charge in [-0.15, -0.1) is 0 Å². The van der Waals surface area contributed by atoms with Gasteiger partial charge in [0.2, 0.25) is 0 Å². The molecule has 106 valence electrons. The molecule has 0 aromatic heterocycles. The van der Waals surface area contributed by atoms with Crippen LogP contribution in [0.1, 0.15) is 56.7 Å². The van der Waals surface area contributed by atoms with Crippen molar-refractivity contribution in [3.05, 3.63) is 35.1 Å². The maximum atomic E-state index is 14.2. The van der Waals surface area contributed by atoms with Gasteiger partial charge in [-0.3, -0.25) is 0 Å². The lowest BCUT2D eigenvalue weighted by Crippen LogP contribution is -2.31. The summed E-state index contributed by atoms with van der Waals surface area (Å²) in [5, 5.41) is 3.50. The van der Waals surface area contributed by atoms with Crippen molar-refractivity contribution >= 4 is 0 Å². The molecule has 1 unspecified atom stereocenters. The van der Waals surface area contributed by atoms with Crippen molar-refractivity contribution in [2.75, 3.05) is 6.54 Å². The van der Waals surface area contributed by atoms with Crippen molar-refractivity contribution in [1.29, 1.82) is 0 Å². The second-order valence-corrected chi connectivity index (χ2v) is 6.08. The van der Waals surface area contributed by atoms with E-state index in [1.54, 1.807) is 6.07 Å². The predicted molar refractivity (Wildman–Crippen MR) is 78.7 cm³/mol. The van der Waals surface area contributed by atoms with Crippen LogP contribution in [0.15, 0.2) is 18.2 Å². The third kappa shape index (κ3) is 3.56. The molecule has 1 N–H and O–H groups in total. The van der Waals surface area contributed by atoms with Gasteiger partial charge in [0, 0.05) is 11.6 Å². The quantitative estimate of drug-likeness (QED) is 0.836. The van der Waals surface area contributed by atoms with Crippen molar-refractivity contribution in [1.82, 2.24) is 5.32 Å². The number of nitrogens with one attached hydrogen (secondary N) is 1. The summed E-state index contributed by atoms with van der Waals surface area (Å²) < 4.78 is 14.2. The van der Waals surface area contributed by atoms with Crippen molar-refractivity contribution in [3.8, 4) is 0 Å². The van der Waals surface area contributed by atoms with Gasteiger partial charge in [0.1, 0.15) is 5.82 Å². The van der Waals surface area contributed by atoms with E-state index in [0.29, 0.717) is 5.92 Å². The van der Waals surface area contributed by atoms with E-state index in [4.69, 9.17) is 0 Å². The highest BCUT2D eigenvalue weighted by atomic mass is 19.1. The van der Waals surface area contributed by atoms with Crippen molar-refractivity contribution < 1.29 is 4.39 Å². The standard InChI is InChI=1S/C17H26FN/c1-4-19-17(14-8-5-12(2)6-9-14)15-10-7-13(3)11-16(15)18/h7,10-12,14,17,19H,4-6,8-9H2,1-3H3. The average Bonchev–Trinajstić information content (AvgIpc) is 2.38. The Kier molecular flexibility index (Phi) is 4.98. The van der Waals surface area contributed by atoms with E-state index in [1.165, 1.54) is 25.7 Å². The molecule has 1 atom stereocenters. The van der Waals surface area contributed by atoms with Crippen LogP contribution in [0.4, 0.5) is 4.39 Å². The molecule has 0 radical (unpaired) electrons. The topological polar surface area (TPSA) is 12.0 Å². The van der Waals surface area contributed by atoms with Crippen LogP contribution in [-0.4, -0.2) is 6.54 Å². The fraction of sp³-hybridized carbons (Fsp3) is 0.647. The fourth-order valence-electron chi connectivity index (χ4n) is 3.25. The Morgan fingerprint density at radius 3 is 2.53 bits per heavy atom. The third-order valence-electron chi connectivity index (χ3n) is 4.45. The summed E-state index contributed by atoms with van der Waals surface area (Å²) in [6.07, 6.45) is 4.98. The molecule has 0 amide bonds. The first kappa shape index (κ1) is 14.5. The first-order valence-corrected chi connectivity index (χ1v) is 7.61. The van der Waals surface area contributed by atoms with Gasteiger partial charge in [0.15, 0.2) is 0 Å². The summed E-state index contributed by atoms with van der Waals surface area (Å²) >= 11 is 0. The number of benzene rings is 1. The number of aryl methyl sites for hydroxylation is 1. The maximum absolute atomic E-state index is 14.2. The molecule has 1 fully saturated rings. The highest BCUT2D eigenvalue weighted by Crippen LogP contribution is 2.37. The summed E-state index contributed by atoms with van der Waals surface area (Å²) in [6, 6.07) is 5.83. The van der Waals surface area contributed by atoms with Crippen LogP contribution in [0.5, 0.6) is 0 Å². The number of hydrogen-bond acceptors (Lipinski definition) is 1. The molecule has 1 aliphatic rings. The summed E-state index contributed by atoms with van der Waals surface area (Å²) in [6.45, 7) is 7.26. The Morgan fingerprint density at radius 2 is 1.95 bits per heavy atom. The predicted octanol–water partition coefficient (Wildman–Crippen LogP) is 4.61. The van der Waals surface area contributed by atoms with Crippen LogP contribution < -0.4 is 5.32 Å². The van der Waals surface area contributed by atoms with Gasteiger partial charge in [-0.25, -0.2) is 4.39 Å². The lowest BCUT2D eigenvalue weighted by molar-refractivity contribution is 0.230. The van der Waals surface area contributed by atoms with Gasteiger partial charge in [0.25, 0.3) is 0 Å². The Morgan fingerprint density at radius 1 is 1.26 bits per heavy atom. The zero-order valence-corrected chi connectivity index (χ0v) is 12.4. The molecule has 0 spiro atoms. The van der Waals surface area contributed by atoms with E-state index in [0.717, 1.165) is 23.6 Å². The molecule has 19 heavy (non-hydrogen) atoms. The van der Waals surface area contributed by atoms with Gasteiger partial charge in [0.05, 0.1) is 0 Å². The van der Waals surface area contributed by atoms with E-state index < -0.39 is 0 Å². The minimum Gasteiger partial charge on any atom is -0.310 e. The zero-order chi connectivity index (χ0) is 13.8. The monoisotopic (exact) mass is 263 g/mol. The Hall–Kier alpha value is -0.890. The number of halogens is 1. The van der Waals surface area contributed by atoms with Crippen LogP contribution >= 0.6 is 0 Å². The molecule has 0 heterocycles. The van der Waals surface area contributed by atoms with E-state index in [-0.39, 0.29) is 11.9 Å². The minimum absolute atomic E-state index is 0.0513. The van der Waals surface area contributed by atoms with E-state index >= 15 is 0 Å². The molecule has 0 aliphatic heterocycles. The summed E-state index contributed by atoms with van der Waals surface area (Å²) in [7, 11) is 0. The van der Waals surface area contributed by atoms with Crippen LogP contribution in [0.2, 0.25) is 0 Å². The van der Waals surface area contributed by atoms with Gasteiger partial charge in [-0.05, 0) is 49.8 Å². The van der Waals surface area contributed by atoms with Crippen molar-refractivity contribution in [3.63, 3.8) is 0 Å². The minimum atomic E-state index is -0.0513. The molecule has 2 rings (SSSR count). The van der Waals surface area contributed by atoms with Gasteiger partial charge >= 0.3 is 0 Å². The van der Waals surface area contributed by atoms with Crippen LogP contribution in [0, 0.1) is 24.6 Å². The molecule has 0 bridgehead atoms.